The van der Waals surface area contributed by atoms with Crippen molar-refractivity contribution >= 4 is 29.0 Å². The van der Waals surface area contributed by atoms with Crippen molar-refractivity contribution in [3.63, 3.8) is 0 Å². The summed E-state index contributed by atoms with van der Waals surface area (Å²) < 4.78 is 0. The van der Waals surface area contributed by atoms with Gasteiger partial charge in [-0.3, -0.25) is 9.78 Å². The fraction of sp³-hybridized carbons (Fsp3) is 0.0769. The Morgan fingerprint density at radius 1 is 1.18 bits per heavy atom. The molecule has 1 aromatic carbocycles. The number of benzene rings is 1. The first-order chi connectivity index (χ1) is 8.11. The number of carbonyl (C=O) groups excluding carboxylic acids is 1. The van der Waals surface area contributed by atoms with Crippen LogP contribution >= 0.6 is 23.2 Å². The predicted molar refractivity (Wildman–Crippen MR) is 68.9 cm³/mol. The molecule has 0 amide bonds. The van der Waals surface area contributed by atoms with Crippen molar-refractivity contribution in [2.75, 3.05) is 0 Å². The topological polar surface area (TPSA) is 30.0 Å². The van der Waals surface area contributed by atoms with Gasteiger partial charge in [0.05, 0.1) is 10.0 Å². The molecule has 2 nitrogen and oxygen atoms in total. The van der Waals surface area contributed by atoms with E-state index >= 15 is 0 Å². The molecule has 0 aliphatic rings. The van der Waals surface area contributed by atoms with Gasteiger partial charge in [-0.15, -0.1) is 0 Å². The summed E-state index contributed by atoms with van der Waals surface area (Å²) in [7, 11) is 0. The molecular weight excluding hydrogens is 257 g/mol. The van der Waals surface area contributed by atoms with Crippen LogP contribution in [0.25, 0.3) is 0 Å². The third-order valence-corrected chi connectivity index (χ3v) is 3.28. The monoisotopic (exact) mass is 265 g/mol. The SMILES string of the molecule is Cc1cnccc1C(=O)c1cccc(Cl)c1Cl. The Kier molecular flexibility index (Phi) is 3.46. The zero-order chi connectivity index (χ0) is 12.4. The molecule has 0 atom stereocenters. The van der Waals surface area contributed by atoms with Crippen molar-refractivity contribution < 1.29 is 4.79 Å². The number of aryl methyl sites for hydroxylation is 1. The van der Waals surface area contributed by atoms with E-state index < -0.39 is 0 Å². The molecule has 1 heterocycles. The van der Waals surface area contributed by atoms with Gasteiger partial charge in [0.1, 0.15) is 0 Å². The Hall–Kier alpha value is -1.38. The smallest absolute Gasteiger partial charge is 0.194 e. The van der Waals surface area contributed by atoms with Gasteiger partial charge in [0.15, 0.2) is 5.78 Å². The number of carbonyl (C=O) groups is 1. The highest BCUT2D eigenvalue weighted by molar-refractivity contribution is 6.44. The number of hydrogen-bond donors (Lipinski definition) is 0. The molecule has 17 heavy (non-hydrogen) atoms. The molecule has 1 aromatic heterocycles. The number of nitrogens with zero attached hydrogens (tertiary/aromatic N) is 1. The Bertz CT molecular complexity index is 581. The molecule has 2 rings (SSSR count). The maximum absolute atomic E-state index is 12.3. The number of rotatable bonds is 2. The normalized spacial score (nSPS) is 10.3. The third-order valence-electron chi connectivity index (χ3n) is 2.46. The van der Waals surface area contributed by atoms with Crippen molar-refractivity contribution in [2.45, 2.75) is 6.92 Å². The first-order valence-corrected chi connectivity index (χ1v) is 5.76. The molecule has 0 bridgehead atoms. The summed E-state index contributed by atoms with van der Waals surface area (Å²) in [6.45, 7) is 1.83. The third kappa shape index (κ3) is 2.33. The number of pyridine rings is 1. The van der Waals surface area contributed by atoms with Gasteiger partial charge in [0.25, 0.3) is 0 Å². The average molecular weight is 266 g/mol. The highest BCUT2D eigenvalue weighted by Crippen LogP contribution is 2.27. The van der Waals surface area contributed by atoms with Crippen molar-refractivity contribution in [2.24, 2.45) is 0 Å². The van der Waals surface area contributed by atoms with Crippen molar-refractivity contribution in [3.8, 4) is 0 Å². The van der Waals surface area contributed by atoms with E-state index in [2.05, 4.69) is 4.98 Å². The predicted octanol–water partition coefficient (Wildman–Crippen LogP) is 3.93. The van der Waals surface area contributed by atoms with Gasteiger partial charge in [0.2, 0.25) is 0 Å². The summed E-state index contributed by atoms with van der Waals surface area (Å²) in [6.07, 6.45) is 3.23. The average Bonchev–Trinajstić information content (AvgIpc) is 2.32. The molecule has 0 spiro atoms. The summed E-state index contributed by atoms with van der Waals surface area (Å²) in [5.41, 5.74) is 1.81. The molecule has 0 fully saturated rings. The Morgan fingerprint density at radius 2 is 1.94 bits per heavy atom. The van der Waals surface area contributed by atoms with E-state index in [0.717, 1.165) is 5.56 Å². The summed E-state index contributed by atoms with van der Waals surface area (Å²) >= 11 is 11.9. The molecule has 2 aromatic rings. The quantitative estimate of drug-likeness (QED) is 0.771. The second-order valence-corrected chi connectivity index (χ2v) is 4.41. The van der Waals surface area contributed by atoms with E-state index in [1.165, 1.54) is 0 Å². The lowest BCUT2D eigenvalue weighted by Gasteiger charge is -2.06. The second-order valence-electron chi connectivity index (χ2n) is 3.62. The fourth-order valence-corrected chi connectivity index (χ4v) is 1.94. The van der Waals surface area contributed by atoms with Crippen LogP contribution in [0.15, 0.2) is 36.7 Å². The van der Waals surface area contributed by atoms with Crippen LogP contribution in [0.1, 0.15) is 21.5 Å². The summed E-state index contributed by atoms with van der Waals surface area (Å²) in [5, 5.41) is 0.666. The van der Waals surface area contributed by atoms with Crippen LogP contribution in [-0.4, -0.2) is 10.8 Å². The van der Waals surface area contributed by atoms with Crippen molar-refractivity contribution in [3.05, 3.63) is 63.4 Å². The van der Waals surface area contributed by atoms with Crippen molar-refractivity contribution in [1.29, 1.82) is 0 Å². The summed E-state index contributed by atoms with van der Waals surface area (Å²) in [4.78, 5) is 16.2. The zero-order valence-electron chi connectivity index (χ0n) is 9.08. The van der Waals surface area contributed by atoms with E-state index in [1.807, 2.05) is 6.92 Å². The van der Waals surface area contributed by atoms with Gasteiger partial charge < -0.3 is 0 Å². The molecule has 0 aliphatic carbocycles. The number of halogens is 2. The van der Waals surface area contributed by atoms with E-state index in [4.69, 9.17) is 23.2 Å². The van der Waals surface area contributed by atoms with Crippen LogP contribution in [0.3, 0.4) is 0 Å². The highest BCUT2D eigenvalue weighted by Gasteiger charge is 2.16. The highest BCUT2D eigenvalue weighted by atomic mass is 35.5. The second kappa shape index (κ2) is 4.86. The van der Waals surface area contributed by atoms with E-state index in [9.17, 15) is 4.79 Å². The minimum Gasteiger partial charge on any atom is -0.289 e. The summed E-state index contributed by atoms with van der Waals surface area (Å²) in [5.74, 6) is -0.141. The standard InChI is InChI=1S/C13H9Cl2NO/c1-8-7-16-6-5-9(8)13(17)10-3-2-4-11(14)12(10)15/h2-7H,1H3. The lowest BCUT2D eigenvalue weighted by Crippen LogP contribution is -2.04. The molecule has 0 radical (unpaired) electrons. The molecule has 0 aliphatic heterocycles. The first kappa shape index (κ1) is 12.1. The Morgan fingerprint density at radius 3 is 2.65 bits per heavy atom. The largest absolute Gasteiger partial charge is 0.289 e. The summed E-state index contributed by atoms with van der Waals surface area (Å²) in [6, 6.07) is 6.70. The maximum atomic E-state index is 12.3. The van der Waals surface area contributed by atoms with Gasteiger partial charge in [-0.1, -0.05) is 29.3 Å². The Balaban J connectivity index is 2.52. The molecule has 4 heteroatoms. The van der Waals surface area contributed by atoms with Crippen LogP contribution in [0, 0.1) is 6.92 Å². The van der Waals surface area contributed by atoms with Crippen LogP contribution in [0.4, 0.5) is 0 Å². The number of ketones is 1. The van der Waals surface area contributed by atoms with Crippen LogP contribution in [0.2, 0.25) is 10.0 Å². The fourth-order valence-electron chi connectivity index (χ4n) is 1.55. The van der Waals surface area contributed by atoms with E-state index in [1.54, 1.807) is 36.7 Å². The lowest BCUT2D eigenvalue weighted by molar-refractivity contribution is 0.103. The van der Waals surface area contributed by atoms with Crippen LogP contribution in [-0.2, 0) is 0 Å². The Labute approximate surface area is 109 Å². The van der Waals surface area contributed by atoms with Gasteiger partial charge in [-0.05, 0) is 30.7 Å². The van der Waals surface area contributed by atoms with Gasteiger partial charge in [-0.2, -0.15) is 0 Å². The molecule has 0 unspecified atom stereocenters. The maximum Gasteiger partial charge on any atom is 0.194 e. The molecule has 0 saturated heterocycles. The minimum absolute atomic E-state index is 0.141. The zero-order valence-corrected chi connectivity index (χ0v) is 10.6. The molecular formula is C13H9Cl2NO. The minimum atomic E-state index is -0.141. The van der Waals surface area contributed by atoms with Crippen LogP contribution < -0.4 is 0 Å². The van der Waals surface area contributed by atoms with Crippen molar-refractivity contribution in [1.82, 2.24) is 4.98 Å². The van der Waals surface area contributed by atoms with Gasteiger partial charge in [-0.25, -0.2) is 0 Å². The van der Waals surface area contributed by atoms with E-state index in [0.29, 0.717) is 16.1 Å². The molecule has 86 valence electrons. The van der Waals surface area contributed by atoms with Gasteiger partial charge >= 0.3 is 0 Å². The first-order valence-electron chi connectivity index (χ1n) is 5.00. The van der Waals surface area contributed by atoms with Gasteiger partial charge in [0, 0.05) is 23.5 Å². The lowest BCUT2D eigenvalue weighted by atomic mass is 10.0. The van der Waals surface area contributed by atoms with E-state index in [-0.39, 0.29) is 10.8 Å². The number of aromatic nitrogens is 1. The van der Waals surface area contributed by atoms with Crippen LogP contribution in [0.5, 0.6) is 0 Å². The molecule has 0 N–H and O–H groups in total. The number of hydrogen-bond acceptors (Lipinski definition) is 2. The molecule has 0 saturated carbocycles.